The van der Waals surface area contributed by atoms with Gasteiger partial charge in [-0.15, -0.1) is 11.3 Å². The molecule has 6 nitrogen and oxygen atoms in total. The smallest absolute Gasteiger partial charge is 0.331 e. The molecule has 0 bridgehead atoms. The summed E-state index contributed by atoms with van der Waals surface area (Å²) in [6.45, 7) is 1.69. The zero-order valence-electron chi connectivity index (χ0n) is 10.2. The number of aliphatic carboxylic acids is 1. The first-order chi connectivity index (χ1) is 8.41. The highest BCUT2D eigenvalue weighted by atomic mass is 32.1. The summed E-state index contributed by atoms with van der Waals surface area (Å²) in [7, 11) is 1.50. The summed E-state index contributed by atoms with van der Waals surface area (Å²) in [5.41, 5.74) is 0. The second-order valence-corrected chi connectivity index (χ2v) is 4.94. The topological polar surface area (TPSA) is 89.9 Å². The molecule has 0 fully saturated rings. The van der Waals surface area contributed by atoms with E-state index in [0.29, 0.717) is 4.88 Å². The molecule has 0 saturated heterocycles. The number of thiophene rings is 1. The number of aliphatic hydroxyl groups is 1. The van der Waals surface area contributed by atoms with Crippen LogP contribution in [0.4, 0.5) is 4.79 Å². The van der Waals surface area contributed by atoms with Crippen molar-refractivity contribution in [2.24, 2.45) is 0 Å². The Morgan fingerprint density at radius 1 is 1.56 bits per heavy atom. The number of nitrogens with one attached hydrogen (secondary N) is 1. The number of likely N-dealkylation sites (N-methyl/N-ethyl adjacent to an activating group) is 1. The Morgan fingerprint density at radius 2 is 2.22 bits per heavy atom. The van der Waals surface area contributed by atoms with Crippen molar-refractivity contribution in [2.45, 2.75) is 19.1 Å². The van der Waals surface area contributed by atoms with E-state index in [1.807, 2.05) is 0 Å². The van der Waals surface area contributed by atoms with Gasteiger partial charge in [0.1, 0.15) is 0 Å². The Hall–Kier alpha value is -1.60. The lowest BCUT2D eigenvalue weighted by Gasteiger charge is -2.21. The molecule has 1 aromatic heterocycles. The van der Waals surface area contributed by atoms with Crippen molar-refractivity contribution in [3.63, 3.8) is 0 Å². The molecule has 0 aliphatic rings. The molecule has 1 rings (SSSR count). The number of nitrogens with zero attached hydrogens (tertiary/aromatic N) is 1. The van der Waals surface area contributed by atoms with Crippen LogP contribution in [0.3, 0.4) is 0 Å². The van der Waals surface area contributed by atoms with Gasteiger partial charge in [-0.1, -0.05) is 6.07 Å². The lowest BCUT2D eigenvalue weighted by Crippen LogP contribution is -2.43. The van der Waals surface area contributed by atoms with Crippen molar-refractivity contribution < 1.29 is 19.8 Å². The number of amides is 2. The van der Waals surface area contributed by atoms with Gasteiger partial charge < -0.3 is 20.4 Å². The maximum Gasteiger partial charge on any atom is 0.331 e. The van der Waals surface area contributed by atoms with E-state index in [1.54, 1.807) is 24.4 Å². The van der Waals surface area contributed by atoms with E-state index in [9.17, 15) is 9.59 Å². The standard InChI is InChI=1S/C11H16N2O4S/c1-7(14)6-13(2)11(17)12-9(10(15)16)8-4-3-5-18-8/h3-5,7,9,14H,6H2,1-2H3,(H,12,17)(H,15,16). The number of carboxylic acids is 1. The van der Waals surface area contributed by atoms with Gasteiger partial charge in [0.05, 0.1) is 6.10 Å². The number of carbonyl (C=O) groups excluding carboxylic acids is 1. The Balaban J connectivity index is 2.68. The summed E-state index contributed by atoms with van der Waals surface area (Å²) in [6, 6.07) is 1.78. The molecule has 2 amide bonds. The van der Waals surface area contributed by atoms with Gasteiger partial charge in [-0.05, 0) is 18.4 Å². The first-order valence-electron chi connectivity index (χ1n) is 5.37. The van der Waals surface area contributed by atoms with Gasteiger partial charge >= 0.3 is 12.0 Å². The fraction of sp³-hybridized carbons (Fsp3) is 0.455. The average Bonchev–Trinajstić information content (AvgIpc) is 2.77. The van der Waals surface area contributed by atoms with Crippen LogP contribution in [0.5, 0.6) is 0 Å². The quantitative estimate of drug-likeness (QED) is 0.742. The lowest BCUT2D eigenvalue weighted by molar-refractivity contribution is -0.139. The van der Waals surface area contributed by atoms with Crippen LogP contribution in [0, 0.1) is 0 Å². The predicted molar refractivity (Wildman–Crippen MR) is 67.5 cm³/mol. The summed E-state index contributed by atoms with van der Waals surface area (Å²) in [5, 5.41) is 22.4. The van der Waals surface area contributed by atoms with Gasteiger partial charge in [-0.25, -0.2) is 9.59 Å². The van der Waals surface area contributed by atoms with E-state index in [1.165, 1.54) is 23.3 Å². The molecule has 0 spiro atoms. The highest BCUT2D eigenvalue weighted by Gasteiger charge is 2.24. The Labute approximate surface area is 109 Å². The normalized spacial score (nSPS) is 13.7. The van der Waals surface area contributed by atoms with Crippen LogP contribution in [-0.4, -0.2) is 46.8 Å². The number of urea groups is 1. The first-order valence-corrected chi connectivity index (χ1v) is 6.25. The second kappa shape index (κ2) is 6.36. The van der Waals surface area contributed by atoms with Crippen molar-refractivity contribution in [1.29, 1.82) is 0 Å². The van der Waals surface area contributed by atoms with Crippen LogP contribution in [0.25, 0.3) is 0 Å². The minimum atomic E-state index is -1.11. The third-order valence-corrected chi connectivity index (χ3v) is 3.16. The fourth-order valence-corrected chi connectivity index (χ4v) is 2.19. The summed E-state index contributed by atoms with van der Waals surface area (Å²) in [4.78, 5) is 24.6. The number of carboxylic acid groups (broad SMARTS) is 1. The zero-order valence-corrected chi connectivity index (χ0v) is 11.0. The van der Waals surface area contributed by atoms with Gasteiger partial charge in [0, 0.05) is 18.5 Å². The van der Waals surface area contributed by atoms with Gasteiger partial charge in [0.25, 0.3) is 0 Å². The molecule has 0 saturated carbocycles. The van der Waals surface area contributed by atoms with Crippen LogP contribution in [0.1, 0.15) is 17.8 Å². The molecule has 0 radical (unpaired) electrons. The van der Waals surface area contributed by atoms with Crippen molar-refractivity contribution in [3.05, 3.63) is 22.4 Å². The molecule has 7 heteroatoms. The third-order valence-electron chi connectivity index (χ3n) is 2.23. The second-order valence-electron chi connectivity index (χ2n) is 3.97. The van der Waals surface area contributed by atoms with Crippen molar-refractivity contribution in [1.82, 2.24) is 10.2 Å². The number of carbonyl (C=O) groups is 2. The predicted octanol–water partition coefficient (Wildman–Crippen LogP) is 0.896. The molecule has 3 N–H and O–H groups in total. The van der Waals surface area contributed by atoms with Crippen LogP contribution >= 0.6 is 11.3 Å². The first kappa shape index (κ1) is 14.5. The van der Waals surface area contributed by atoms with E-state index >= 15 is 0 Å². The van der Waals surface area contributed by atoms with Crippen molar-refractivity contribution in [2.75, 3.05) is 13.6 Å². The number of rotatable bonds is 5. The molecular formula is C11H16N2O4S. The largest absolute Gasteiger partial charge is 0.479 e. The maximum atomic E-state index is 11.7. The molecule has 0 aliphatic carbocycles. The van der Waals surface area contributed by atoms with Gasteiger partial charge in [0.15, 0.2) is 6.04 Å². The monoisotopic (exact) mass is 272 g/mol. The van der Waals surface area contributed by atoms with Crippen LogP contribution in [0.2, 0.25) is 0 Å². The van der Waals surface area contributed by atoms with Crippen LogP contribution in [-0.2, 0) is 4.79 Å². The molecular weight excluding hydrogens is 256 g/mol. The SMILES string of the molecule is CC(O)CN(C)C(=O)NC(C(=O)O)c1cccs1. The number of hydrogen-bond donors (Lipinski definition) is 3. The number of hydrogen-bond acceptors (Lipinski definition) is 4. The molecule has 0 aromatic carbocycles. The Bertz CT molecular complexity index is 405. The van der Waals surface area contributed by atoms with E-state index in [2.05, 4.69) is 5.32 Å². The van der Waals surface area contributed by atoms with E-state index < -0.39 is 24.1 Å². The summed E-state index contributed by atoms with van der Waals surface area (Å²) in [5.74, 6) is -1.11. The maximum absolute atomic E-state index is 11.7. The zero-order chi connectivity index (χ0) is 13.7. The lowest BCUT2D eigenvalue weighted by atomic mass is 10.2. The number of aliphatic hydroxyl groups excluding tert-OH is 1. The minimum absolute atomic E-state index is 0.141. The van der Waals surface area contributed by atoms with Crippen LogP contribution < -0.4 is 5.32 Å². The molecule has 0 aliphatic heterocycles. The fourth-order valence-electron chi connectivity index (χ4n) is 1.42. The summed E-state index contributed by atoms with van der Waals surface area (Å²) in [6.07, 6.45) is -0.661. The Morgan fingerprint density at radius 3 is 2.67 bits per heavy atom. The average molecular weight is 272 g/mol. The molecule has 1 heterocycles. The molecule has 18 heavy (non-hydrogen) atoms. The van der Waals surface area contributed by atoms with Crippen LogP contribution in [0.15, 0.2) is 17.5 Å². The molecule has 100 valence electrons. The molecule has 2 atom stereocenters. The van der Waals surface area contributed by atoms with E-state index in [-0.39, 0.29) is 6.54 Å². The molecule has 2 unspecified atom stereocenters. The van der Waals surface area contributed by atoms with Gasteiger partial charge in [-0.3, -0.25) is 0 Å². The van der Waals surface area contributed by atoms with Gasteiger partial charge in [0.2, 0.25) is 0 Å². The van der Waals surface area contributed by atoms with E-state index in [4.69, 9.17) is 10.2 Å². The molecule has 1 aromatic rings. The highest BCUT2D eigenvalue weighted by molar-refractivity contribution is 7.10. The summed E-state index contributed by atoms with van der Waals surface area (Å²) < 4.78 is 0. The third kappa shape index (κ3) is 4.01. The summed E-state index contributed by atoms with van der Waals surface area (Å²) >= 11 is 1.26. The van der Waals surface area contributed by atoms with Gasteiger partial charge in [-0.2, -0.15) is 0 Å². The highest BCUT2D eigenvalue weighted by Crippen LogP contribution is 2.19. The minimum Gasteiger partial charge on any atom is -0.479 e. The van der Waals surface area contributed by atoms with Crippen molar-refractivity contribution >= 4 is 23.3 Å². The van der Waals surface area contributed by atoms with E-state index in [0.717, 1.165) is 0 Å². The van der Waals surface area contributed by atoms with Crippen molar-refractivity contribution in [3.8, 4) is 0 Å². The Kier molecular flexibility index (Phi) is 5.11.